The van der Waals surface area contributed by atoms with Crippen LogP contribution in [0.5, 0.6) is 0 Å². The van der Waals surface area contributed by atoms with Gasteiger partial charge in [-0.05, 0) is 39.7 Å². The lowest BCUT2D eigenvalue weighted by Gasteiger charge is -2.34. The van der Waals surface area contributed by atoms with Crippen LogP contribution in [0.25, 0.3) is 10.9 Å². The van der Waals surface area contributed by atoms with Gasteiger partial charge in [0.25, 0.3) is 0 Å². The van der Waals surface area contributed by atoms with Crippen LogP contribution in [0.3, 0.4) is 0 Å². The molecular weight excluding hydrogens is 361 g/mol. The van der Waals surface area contributed by atoms with E-state index in [1.807, 2.05) is 9.47 Å². The Bertz CT molecular complexity index is 997. The molecule has 0 bridgehead atoms. The number of carbonyl (C=O) groups is 1. The number of benzene rings is 1. The molecule has 0 radical (unpaired) electrons. The van der Waals surface area contributed by atoms with Crippen LogP contribution < -0.4 is 15.6 Å². The number of nitrogens with one attached hydrogen (secondary N) is 1. The predicted molar refractivity (Wildman–Crippen MR) is 107 cm³/mol. The van der Waals surface area contributed by atoms with Crippen LogP contribution in [0.1, 0.15) is 48.7 Å². The number of pyridine rings is 1. The van der Waals surface area contributed by atoms with Crippen LogP contribution in [0, 0.1) is 12.7 Å². The van der Waals surface area contributed by atoms with E-state index in [1.54, 1.807) is 26.1 Å². The Hall–Kier alpha value is -2.41. The maximum absolute atomic E-state index is 15.3. The number of anilines is 1. The third kappa shape index (κ3) is 3.17. The van der Waals surface area contributed by atoms with Crippen LogP contribution in [0.15, 0.2) is 17.1 Å². The smallest absolute Gasteiger partial charge is 0.343 e. The summed E-state index contributed by atoms with van der Waals surface area (Å²) in [5, 5.41) is 3.64. The van der Waals surface area contributed by atoms with Gasteiger partial charge in [0.2, 0.25) is 5.43 Å². The van der Waals surface area contributed by atoms with Gasteiger partial charge < -0.3 is 19.5 Å². The number of hydrogen-bond donors (Lipinski definition) is 1. The molecule has 1 aromatic heterocycles. The summed E-state index contributed by atoms with van der Waals surface area (Å²) >= 11 is 0. The minimum atomic E-state index is -0.649. The van der Waals surface area contributed by atoms with Crippen molar-refractivity contribution in [1.82, 2.24) is 9.88 Å². The zero-order valence-corrected chi connectivity index (χ0v) is 16.5. The summed E-state index contributed by atoms with van der Waals surface area (Å²) in [7, 11) is 0. The van der Waals surface area contributed by atoms with Crippen molar-refractivity contribution in [2.75, 3.05) is 31.1 Å². The summed E-state index contributed by atoms with van der Waals surface area (Å²) in [4.78, 5) is 27.4. The molecule has 1 aromatic carbocycles. The molecule has 1 aliphatic heterocycles. The maximum atomic E-state index is 15.3. The maximum Gasteiger partial charge on any atom is 0.343 e. The van der Waals surface area contributed by atoms with Gasteiger partial charge in [-0.3, -0.25) is 4.79 Å². The second-order valence-corrected chi connectivity index (χ2v) is 7.76. The molecule has 1 atom stereocenters. The van der Waals surface area contributed by atoms with Gasteiger partial charge in [-0.25, -0.2) is 9.18 Å². The molecule has 4 rings (SSSR count). The number of fused-ring (bicyclic) bond motifs is 1. The average Bonchev–Trinajstić information content (AvgIpc) is 3.49. The zero-order chi connectivity index (χ0) is 20.0. The lowest BCUT2D eigenvalue weighted by molar-refractivity contribution is 0.0524. The fraction of sp³-hybridized carbons (Fsp3) is 0.524. The van der Waals surface area contributed by atoms with E-state index in [-0.39, 0.29) is 35.5 Å². The molecule has 2 fully saturated rings. The quantitative estimate of drug-likeness (QED) is 0.818. The molecule has 0 spiro atoms. The second kappa shape index (κ2) is 7.20. The Kier molecular flexibility index (Phi) is 4.87. The Morgan fingerprint density at radius 3 is 2.79 bits per heavy atom. The molecule has 2 aromatic rings. The zero-order valence-electron chi connectivity index (χ0n) is 16.5. The minimum Gasteiger partial charge on any atom is -0.462 e. The third-order valence-corrected chi connectivity index (χ3v) is 5.62. The van der Waals surface area contributed by atoms with Crippen molar-refractivity contribution in [1.29, 1.82) is 0 Å². The van der Waals surface area contributed by atoms with Gasteiger partial charge in [0.15, 0.2) is 0 Å². The number of esters is 1. The summed E-state index contributed by atoms with van der Waals surface area (Å²) in [6, 6.07) is 2.28. The van der Waals surface area contributed by atoms with Crippen molar-refractivity contribution in [2.45, 2.75) is 45.7 Å². The molecule has 2 heterocycles. The van der Waals surface area contributed by atoms with Gasteiger partial charge in [-0.2, -0.15) is 0 Å². The first-order chi connectivity index (χ1) is 13.4. The van der Waals surface area contributed by atoms with E-state index in [1.165, 1.54) is 0 Å². The number of carbonyl (C=O) groups excluding carboxylic acids is 1. The van der Waals surface area contributed by atoms with Gasteiger partial charge in [0, 0.05) is 43.5 Å². The normalized spacial score (nSPS) is 19.9. The molecule has 0 amide bonds. The van der Waals surface area contributed by atoms with Gasteiger partial charge in [0.05, 0.1) is 23.2 Å². The van der Waals surface area contributed by atoms with Crippen molar-refractivity contribution in [2.24, 2.45) is 0 Å². The van der Waals surface area contributed by atoms with Crippen molar-refractivity contribution < 1.29 is 13.9 Å². The highest BCUT2D eigenvalue weighted by Crippen LogP contribution is 2.39. The molecule has 7 heteroatoms. The number of halogens is 1. The third-order valence-electron chi connectivity index (χ3n) is 5.62. The standard InChI is InChI=1S/C21H26FN3O3/c1-4-28-21(27)15-11-25(14-5-6-14)16-9-17(24-8-7-23-12(2)10-24)19(22)13(3)18(16)20(15)26/h9,11-12,14,23H,4-8,10H2,1-3H3. The average molecular weight is 387 g/mol. The topological polar surface area (TPSA) is 63.6 Å². The number of aryl methyl sites for hydroxylation is 1. The Morgan fingerprint density at radius 1 is 1.39 bits per heavy atom. The van der Waals surface area contributed by atoms with E-state index in [2.05, 4.69) is 12.2 Å². The molecule has 28 heavy (non-hydrogen) atoms. The lowest BCUT2D eigenvalue weighted by Crippen LogP contribution is -2.49. The summed E-state index contributed by atoms with van der Waals surface area (Å²) in [5.74, 6) is -1.04. The molecule has 1 unspecified atom stereocenters. The van der Waals surface area contributed by atoms with E-state index in [0.29, 0.717) is 29.9 Å². The first kappa shape index (κ1) is 18.9. The number of nitrogens with zero attached hydrogens (tertiary/aromatic N) is 2. The molecule has 1 N–H and O–H groups in total. The van der Waals surface area contributed by atoms with Gasteiger partial charge in [-0.1, -0.05) is 0 Å². The second-order valence-electron chi connectivity index (χ2n) is 7.76. The van der Waals surface area contributed by atoms with E-state index in [0.717, 1.165) is 19.4 Å². The SMILES string of the molecule is CCOC(=O)c1cn(C2CC2)c2cc(N3CCNC(C)C3)c(F)c(C)c2c1=O. The van der Waals surface area contributed by atoms with Crippen LogP contribution in [0.2, 0.25) is 0 Å². The first-order valence-electron chi connectivity index (χ1n) is 9.95. The number of ether oxygens (including phenoxy) is 1. The fourth-order valence-electron chi connectivity index (χ4n) is 4.04. The Morgan fingerprint density at radius 2 is 2.14 bits per heavy atom. The number of hydrogen-bond acceptors (Lipinski definition) is 5. The van der Waals surface area contributed by atoms with Crippen LogP contribution >= 0.6 is 0 Å². The van der Waals surface area contributed by atoms with Gasteiger partial charge in [-0.15, -0.1) is 0 Å². The highest BCUT2D eigenvalue weighted by molar-refractivity contribution is 5.96. The molecular formula is C21H26FN3O3. The molecule has 1 aliphatic carbocycles. The number of rotatable bonds is 4. The summed E-state index contributed by atoms with van der Waals surface area (Å²) in [6.07, 6.45) is 3.56. The van der Waals surface area contributed by atoms with E-state index >= 15 is 4.39 Å². The highest BCUT2D eigenvalue weighted by atomic mass is 19.1. The Balaban J connectivity index is 1.94. The van der Waals surface area contributed by atoms with Crippen LogP contribution in [0.4, 0.5) is 10.1 Å². The summed E-state index contributed by atoms with van der Waals surface area (Å²) < 4.78 is 22.3. The lowest BCUT2D eigenvalue weighted by atomic mass is 10.0. The molecule has 150 valence electrons. The number of piperazine rings is 1. The van der Waals surface area contributed by atoms with Crippen LogP contribution in [-0.4, -0.2) is 42.8 Å². The van der Waals surface area contributed by atoms with Crippen molar-refractivity contribution in [3.05, 3.63) is 39.4 Å². The Labute approximate surface area is 163 Å². The van der Waals surface area contributed by atoms with Crippen molar-refractivity contribution in [3.63, 3.8) is 0 Å². The van der Waals surface area contributed by atoms with E-state index < -0.39 is 11.4 Å². The van der Waals surface area contributed by atoms with Gasteiger partial charge in [0.1, 0.15) is 11.4 Å². The minimum absolute atomic E-state index is 0.0210. The fourth-order valence-corrected chi connectivity index (χ4v) is 4.04. The van der Waals surface area contributed by atoms with E-state index in [4.69, 9.17) is 4.74 Å². The molecule has 1 saturated carbocycles. The van der Waals surface area contributed by atoms with Crippen molar-refractivity contribution >= 4 is 22.6 Å². The van der Waals surface area contributed by atoms with Crippen LogP contribution in [-0.2, 0) is 4.74 Å². The summed E-state index contributed by atoms with van der Waals surface area (Å²) in [5.41, 5.74) is 1.04. The first-order valence-corrected chi connectivity index (χ1v) is 9.95. The molecule has 2 aliphatic rings. The monoisotopic (exact) mass is 387 g/mol. The number of aromatic nitrogens is 1. The van der Waals surface area contributed by atoms with Gasteiger partial charge >= 0.3 is 5.97 Å². The molecule has 1 saturated heterocycles. The largest absolute Gasteiger partial charge is 0.462 e. The highest BCUT2D eigenvalue weighted by Gasteiger charge is 2.30. The predicted octanol–water partition coefficient (Wildman–Crippen LogP) is 2.76. The summed E-state index contributed by atoms with van der Waals surface area (Å²) in [6.45, 7) is 7.79. The van der Waals surface area contributed by atoms with Crippen molar-refractivity contribution in [3.8, 4) is 0 Å². The molecule has 6 nitrogen and oxygen atoms in total. The van der Waals surface area contributed by atoms with E-state index in [9.17, 15) is 9.59 Å².